The number of pyridine rings is 1. The highest BCUT2D eigenvalue weighted by atomic mass is 35.5. The molecular weight excluding hydrogens is 606 g/mol. The van der Waals surface area contributed by atoms with Gasteiger partial charge in [-0.1, -0.05) is 48.0 Å². The molecule has 5 aromatic rings. The van der Waals surface area contributed by atoms with Crippen molar-refractivity contribution >= 4 is 46.9 Å². The number of amides is 4. The number of tetrazole rings is 1. The molecule has 3 N–H and O–H groups in total. The summed E-state index contributed by atoms with van der Waals surface area (Å²) in [6.07, 6.45) is 7.99. The van der Waals surface area contributed by atoms with Gasteiger partial charge in [0.05, 0.1) is 5.69 Å². The molecule has 0 spiro atoms. The Kier molecular flexibility index (Phi) is 10.4. The molecular formula is C33H30ClN9O3. The smallest absolute Gasteiger partial charge is 0.321 e. The first-order valence-corrected chi connectivity index (χ1v) is 14.6. The van der Waals surface area contributed by atoms with Gasteiger partial charge in [0, 0.05) is 60.4 Å². The standard InChI is InChI=1S/C33H30ClN9O3/c1-42(21-24-8-5-17-35-20-24)33(46)38-28-13-11-27(12-14-28)37-32(45)29(18-23-6-3-2-4-7-23)39-31(44)16-9-25-19-26(34)10-15-30(25)43-22-36-40-41-43/h2-17,19-20,22,29H,18,21H2,1H3,(H,37,45)(H,38,46)(H,39,44)/b16-9+. The second-order valence-corrected chi connectivity index (χ2v) is 10.7. The van der Waals surface area contributed by atoms with Crippen LogP contribution in [0.4, 0.5) is 16.2 Å². The van der Waals surface area contributed by atoms with Crippen LogP contribution in [-0.4, -0.2) is 61.0 Å². The van der Waals surface area contributed by atoms with E-state index >= 15 is 0 Å². The van der Waals surface area contributed by atoms with E-state index in [9.17, 15) is 14.4 Å². The van der Waals surface area contributed by atoms with Crippen LogP contribution in [0, 0.1) is 0 Å². The van der Waals surface area contributed by atoms with Crippen molar-refractivity contribution in [2.45, 2.75) is 19.0 Å². The first-order valence-electron chi connectivity index (χ1n) is 14.2. The van der Waals surface area contributed by atoms with Gasteiger partial charge in [0.15, 0.2) is 0 Å². The Bertz CT molecular complexity index is 1800. The molecule has 0 aliphatic heterocycles. The number of halogens is 1. The van der Waals surface area contributed by atoms with Crippen molar-refractivity contribution in [2.75, 3.05) is 17.7 Å². The average Bonchev–Trinajstić information content (AvgIpc) is 3.60. The minimum Gasteiger partial charge on any atom is -0.340 e. The van der Waals surface area contributed by atoms with Crippen LogP contribution in [0.2, 0.25) is 5.02 Å². The number of nitrogens with zero attached hydrogens (tertiary/aromatic N) is 6. The molecule has 0 saturated carbocycles. The van der Waals surface area contributed by atoms with Gasteiger partial charge < -0.3 is 20.9 Å². The molecule has 13 heteroatoms. The Morgan fingerprint density at radius 3 is 2.37 bits per heavy atom. The topological polar surface area (TPSA) is 147 Å². The van der Waals surface area contributed by atoms with E-state index in [4.69, 9.17) is 11.6 Å². The molecule has 1 unspecified atom stereocenters. The second-order valence-electron chi connectivity index (χ2n) is 10.3. The zero-order valence-corrected chi connectivity index (χ0v) is 25.5. The molecule has 5 rings (SSSR count). The van der Waals surface area contributed by atoms with Crippen LogP contribution in [0.25, 0.3) is 11.8 Å². The van der Waals surface area contributed by atoms with E-state index in [1.165, 1.54) is 22.0 Å². The van der Waals surface area contributed by atoms with Crippen LogP contribution in [-0.2, 0) is 22.6 Å². The highest BCUT2D eigenvalue weighted by Crippen LogP contribution is 2.20. The third kappa shape index (κ3) is 8.83. The zero-order valence-electron chi connectivity index (χ0n) is 24.7. The Labute approximate surface area is 270 Å². The summed E-state index contributed by atoms with van der Waals surface area (Å²) in [5.74, 6) is -0.886. The molecule has 0 bridgehead atoms. The van der Waals surface area contributed by atoms with Crippen molar-refractivity contribution in [3.63, 3.8) is 0 Å². The lowest BCUT2D eigenvalue weighted by atomic mass is 10.0. The summed E-state index contributed by atoms with van der Waals surface area (Å²) in [5, 5.41) is 20.2. The summed E-state index contributed by atoms with van der Waals surface area (Å²) in [6, 6.07) is 23.8. The van der Waals surface area contributed by atoms with Gasteiger partial charge in [0.2, 0.25) is 11.8 Å². The van der Waals surface area contributed by atoms with Crippen LogP contribution in [0.1, 0.15) is 16.7 Å². The fraction of sp³-hybridized carbons (Fsp3) is 0.121. The Morgan fingerprint density at radius 1 is 0.935 bits per heavy atom. The van der Waals surface area contributed by atoms with Crippen molar-refractivity contribution in [2.24, 2.45) is 0 Å². The number of carbonyl (C=O) groups excluding carboxylic acids is 3. The molecule has 2 aromatic heterocycles. The highest BCUT2D eigenvalue weighted by molar-refractivity contribution is 6.30. The number of urea groups is 1. The van der Waals surface area contributed by atoms with Gasteiger partial charge in [-0.05, 0) is 76.2 Å². The quantitative estimate of drug-likeness (QED) is 0.177. The second kappa shape index (κ2) is 15.2. The monoisotopic (exact) mass is 635 g/mol. The van der Waals surface area contributed by atoms with Crippen molar-refractivity contribution in [3.8, 4) is 5.69 Å². The first kappa shape index (κ1) is 31.5. The van der Waals surface area contributed by atoms with Crippen molar-refractivity contribution in [1.29, 1.82) is 0 Å². The van der Waals surface area contributed by atoms with Crippen LogP contribution in [0.5, 0.6) is 0 Å². The summed E-state index contributed by atoms with van der Waals surface area (Å²) in [7, 11) is 1.69. The largest absolute Gasteiger partial charge is 0.340 e. The summed E-state index contributed by atoms with van der Waals surface area (Å²) < 4.78 is 1.46. The maximum Gasteiger partial charge on any atom is 0.321 e. The molecule has 1 atom stereocenters. The third-order valence-corrected chi connectivity index (χ3v) is 7.04. The Balaban J connectivity index is 1.24. The maximum absolute atomic E-state index is 13.4. The Morgan fingerprint density at radius 2 is 1.67 bits per heavy atom. The van der Waals surface area contributed by atoms with Crippen LogP contribution >= 0.6 is 11.6 Å². The molecule has 4 amide bonds. The lowest BCUT2D eigenvalue weighted by Crippen LogP contribution is -2.44. The number of aromatic nitrogens is 5. The van der Waals surface area contributed by atoms with Crippen LogP contribution < -0.4 is 16.0 Å². The fourth-order valence-electron chi connectivity index (χ4n) is 4.51. The molecule has 0 aliphatic rings. The first-order chi connectivity index (χ1) is 22.3. The third-order valence-electron chi connectivity index (χ3n) is 6.81. The summed E-state index contributed by atoms with van der Waals surface area (Å²) in [4.78, 5) is 44.8. The summed E-state index contributed by atoms with van der Waals surface area (Å²) in [5.41, 5.74) is 4.06. The zero-order chi connectivity index (χ0) is 32.3. The number of hydrogen-bond acceptors (Lipinski definition) is 7. The number of benzene rings is 3. The van der Waals surface area contributed by atoms with E-state index in [0.29, 0.717) is 34.2 Å². The number of anilines is 2. The van der Waals surface area contributed by atoms with Crippen molar-refractivity contribution in [3.05, 3.63) is 131 Å². The van der Waals surface area contributed by atoms with Crippen LogP contribution in [0.15, 0.2) is 110 Å². The minimum absolute atomic E-state index is 0.261. The normalized spacial score (nSPS) is 11.5. The lowest BCUT2D eigenvalue weighted by molar-refractivity contribution is -0.123. The molecule has 0 fully saturated rings. The molecule has 0 aliphatic carbocycles. The summed E-state index contributed by atoms with van der Waals surface area (Å²) in [6.45, 7) is 0.400. The minimum atomic E-state index is -0.890. The van der Waals surface area contributed by atoms with Gasteiger partial charge in [-0.3, -0.25) is 14.6 Å². The number of rotatable bonds is 11. The summed E-state index contributed by atoms with van der Waals surface area (Å²) >= 11 is 6.19. The Hall–Kier alpha value is -5.88. The predicted molar refractivity (Wildman–Crippen MR) is 175 cm³/mol. The number of carbonyl (C=O) groups is 3. The number of hydrogen-bond donors (Lipinski definition) is 3. The van der Waals surface area contributed by atoms with E-state index in [1.54, 1.807) is 68.0 Å². The fourth-order valence-corrected chi connectivity index (χ4v) is 4.69. The van der Waals surface area contributed by atoms with Gasteiger partial charge in [0.1, 0.15) is 12.4 Å². The average molecular weight is 636 g/mol. The van der Waals surface area contributed by atoms with Crippen LogP contribution in [0.3, 0.4) is 0 Å². The van der Waals surface area contributed by atoms with E-state index in [0.717, 1.165) is 11.1 Å². The van der Waals surface area contributed by atoms with Gasteiger partial charge >= 0.3 is 6.03 Å². The van der Waals surface area contributed by atoms with Gasteiger partial charge in [0.25, 0.3) is 0 Å². The van der Waals surface area contributed by atoms with Crippen molar-refractivity contribution in [1.82, 2.24) is 35.4 Å². The molecule has 3 aromatic carbocycles. The molecule has 2 heterocycles. The molecule has 12 nitrogen and oxygen atoms in total. The van der Waals surface area contributed by atoms with Gasteiger partial charge in [-0.15, -0.1) is 5.10 Å². The van der Waals surface area contributed by atoms with E-state index in [1.807, 2.05) is 42.5 Å². The van der Waals surface area contributed by atoms with E-state index in [2.05, 4.69) is 36.5 Å². The van der Waals surface area contributed by atoms with Gasteiger partial charge in [-0.2, -0.15) is 4.68 Å². The SMILES string of the molecule is CN(Cc1cccnc1)C(=O)Nc1ccc(NC(=O)C(Cc2ccccc2)NC(=O)/C=C/c2cc(Cl)ccc2-n2cnnn2)cc1. The van der Waals surface area contributed by atoms with E-state index < -0.39 is 17.9 Å². The van der Waals surface area contributed by atoms with E-state index in [-0.39, 0.29) is 12.5 Å². The van der Waals surface area contributed by atoms with Crippen molar-refractivity contribution < 1.29 is 14.4 Å². The molecule has 0 saturated heterocycles. The predicted octanol–water partition coefficient (Wildman–Crippen LogP) is 4.75. The maximum atomic E-state index is 13.4. The molecule has 46 heavy (non-hydrogen) atoms. The molecule has 232 valence electrons. The highest BCUT2D eigenvalue weighted by Gasteiger charge is 2.21. The number of nitrogens with one attached hydrogen (secondary N) is 3. The van der Waals surface area contributed by atoms with Gasteiger partial charge in [-0.25, -0.2) is 4.79 Å². The lowest BCUT2D eigenvalue weighted by Gasteiger charge is -2.19. The molecule has 0 radical (unpaired) electrons.